The molecule has 20 heavy (non-hydrogen) atoms. The normalized spacial score (nSPS) is 17.9. The van der Waals surface area contributed by atoms with Gasteiger partial charge in [-0.3, -0.25) is 0 Å². The maximum absolute atomic E-state index is 13.0. The predicted molar refractivity (Wildman–Crippen MR) is 74.6 cm³/mol. The van der Waals surface area contributed by atoms with Gasteiger partial charge in [-0.1, -0.05) is 12.1 Å². The highest BCUT2D eigenvalue weighted by atomic mass is 19.1. The number of hydrogen-bond acceptors (Lipinski definition) is 2. The lowest BCUT2D eigenvalue weighted by Crippen LogP contribution is -2.45. The number of hydrogen-bond donors (Lipinski definition) is 2. The highest BCUT2D eigenvalue weighted by Crippen LogP contribution is 2.20. The first-order valence-corrected chi connectivity index (χ1v) is 7.01. The average Bonchev–Trinajstić information content (AvgIpc) is 2.45. The van der Waals surface area contributed by atoms with E-state index in [9.17, 15) is 14.3 Å². The van der Waals surface area contributed by atoms with E-state index in [-0.39, 0.29) is 23.9 Å². The van der Waals surface area contributed by atoms with Crippen LogP contribution in [0.5, 0.6) is 0 Å². The minimum absolute atomic E-state index is 0.127. The Bertz CT molecular complexity index is 457. The second-order valence-electron chi connectivity index (χ2n) is 5.35. The van der Waals surface area contributed by atoms with E-state index in [1.807, 2.05) is 0 Å². The highest BCUT2D eigenvalue weighted by molar-refractivity contribution is 5.74. The molecular formula is C15H21FN2O2. The van der Waals surface area contributed by atoms with Gasteiger partial charge in [-0.25, -0.2) is 9.18 Å². The zero-order valence-electron chi connectivity index (χ0n) is 11.7. The van der Waals surface area contributed by atoms with E-state index in [0.717, 1.165) is 18.4 Å². The van der Waals surface area contributed by atoms with Crippen molar-refractivity contribution in [3.63, 3.8) is 0 Å². The second-order valence-corrected chi connectivity index (χ2v) is 5.35. The van der Waals surface area contributed by atoms with Crippen molar-refractivity contribution in [1.82, 2.24) is 10.2 Å². The fraction of sp³-hybridized carbons (Fsp3) is 0.533. The first kappa shape index (κ1) is 14.8. The van der Waals surface area contributed by atoms with Crippen molar-refractivity contribution in [3.8, 4) is 0 Å². The van der Waals surface area contributed by atoms with E-state index < -0.39 is 0 Å². The van der Waals surface area contributed by atoms with Gasteiger partial charge in [-0.15, -0.1) is 0 Å². The minimum atomic E-state index is -0.312. The number of nitrogens with one attached hydrogen (secondary N) is 1. The van der Waals surface area contributed by atoms with Gasteiger partial charge in [0, 0.05) is 19.6 Å². The monoisotopic (exact) mass is 280 g/mol. The average molecular weight is 280 g/mol. The number of aliphatic hydroxyl groups excluding tert-OH is 1. The third-order valence-corrected chi connectivity index (χ3v) is 3.84. The molecule has 0 aliphatic carbocycles. The lowest BCUT2D eigenvalue weighted by molar-refractivity contribution is 0.0798. The van der Waals surface area contributed by atoms with Crippen LogP contribution >= 0.6 is 0 Å². The summed E-state index contributed by atoms with van der Waals surface area (Å²) in [6.07, 6.45) is 1.34. The summed E-state index contributed by atoms with van der Waals surface area (Å²) in [4.78, 5) is 13.7. The molecule has 5 heteroatoms. The fourth-order valence-corrected chi connectivity index (χ4v) is 2.52. The molecule has 0 bridgehead atoms. The Kier molecular flexibility index (Phi) is 4.95. The summed E-state index contributed by atoms with van der Waals surface area (Å²) in [5, 5.41) is 12.3. The Morgan fingerprint density at radius 2 is 2.20 bits per heavy atom. The molecule has 1 saturated heterocycles. The number of aliphatic hydroxyl groups is 1. The maximum Gasteiger partial charge on any atom is 0.317 e. The molecule has 2 N–H and O–H groups in total. The van der Waals surface area contributed by atoms with Gasteiger partial charge in [-0.05, 0) is 43.4 Å². The van der Waals surface area contributed by atoms with Crippen LogP contribution in [0.1, 0.15) is 25.3 Å². The first-order chi connectivity index (χ1) is 9.56. The van der Waals surface area contributed by atoms with Crippen molar-refractivity contribution >= 4 is 6.03 Å². The van der Waals surface area contributed by atoms with E-state index >= 15 is 0 Å². The van der Waals surface area contributed by atoms with Crippen molar-refractivity contribution in [1.29, 1.82) is 0 Å². The fourth-order valence-electron chi connectivity index (χ4n) is 2.52. The molecule has 0 spiro atoms. The van der Waals surface area contributed by atoms with Gasteiger partial charge in [0.05, 0.1) is 6.10 Å². The number of nitrogens with zero attached hydrogens (tertiary/aromatic N) is 1. The molecule has 0 aromatic heterocycles. The van der Waals surface area contributed by atoms with Gasteiger partial charge in [-0.2, -0.15) is 0 Å². The molecule has 2 amide bonds. The summed E-state index contributed by atoms with van der Waals surface area (Å²) >= 11 is 0. The van der Waals surface area contributed by atoms with E-state index in [0.29, 0.717) is 19.6 Å². The largest absolute Gasteiger partial charge is 0.393 e. The predicted octanol–water partition coefficient (Wildman–Crippen LogP) is 2.13. The van der Waals surface area contributed by atoms with Crippen molar-refractivity contribution in [3.05, 3.63) is 35.6 Å². The molecule has 1 heterocycles. The molecule has 1 aromatic carbocycles. The Labute approximate surface area is 118 Å². The Morgan fingerprint density at radius 1 is 1.50 bits per heavy atom. The summed E-state index contributed by atoms with van der Waals surface area (Å²) < 4.78 is 13.0. The van der Waals surface area contributed by atoms with E-state index in [2.05, 4.69) is 5.32 Å². The van der Waals surface area contributed by atoms with Crippen LogP contribution in [0.15, 0.2) is 24.3 Å². The summed E-state index contributed by atoms with van der Waals surface area (Å²) in [6, 6.07) is 6.08. The zero-order valence-corrected chi connectivity index (χ0v) is 11.7. The second kappa shape index (κ2) is 6.70. The molecule has 4 nitrogen and oxygen atoms in total. The molecule has 0 saturated carbocycles. The number of halogens is 1. The zero-order chi connectivity index (χ0) is 14.5. The third kappa shape index (κ3) is 3.93. The number of carbonyl (C=O) groups excluding carboxylic acids is 1. The molecule has 1 unspecified atom stereocenters. The maximum atomic E-state index is 13.0. The van der Waals surface area contributed by atoms with Crippen molar-refractivity contribution in [2.45, 2.75) is 32.4 Å². The number of urea groups is 1. The van der Waals surface area contributed by atoms with E-state index in [1.165, 1.54) is 12.1 Å². The SMILES string of the molecule is CC(O)C1CCN(C(=O)NCc2cccc(F)c2)CC1. The van der Waals surface area contributed by atoms with Crippen LogP contribution in [0.25, 0.3) is 0 Å². The van der Waals surface area contributed by atoms with Gasteiger partial charge in [0.15, 0.2) is 0 Å². The highest BCUT2D eigenvalue weighted by Gasteiger charge is 2.25. The van der Waals surface area contributed by atoms with E-state index in [1.54, 1.807) is 24.0 Å². The van der Waals surface area contributed by atoms with Crippen molar-refractivity contribution in [2.75, 3.05) is 13.1 Å². The first-order valence-electron chi connectivity index (χ1n) is 7.01. The van der Waals surface area contributed by atoms with Gasteiger partial charge in [0.2, 0.25) is 0 Å². The smallest absolute Gasteiger partial charge is 0.317 e. The number of benzene rings is 1. The van der Waals surface area contributed by atoms with Crippen LogP contribution in [0.3, 0.4) is 0 Å². The lowest BCUT2D eigenvalue weighted by Gasteiger charge is -2.33. The lowest BCUT2D eigenvalue weighted by atomic mass is 9.92. The Hall–Kier alpha value is -1.62. The number of amides is 2. The Morgan fingerprint density at radius 3 is 2.80 bits per heavy atom. The molecule has 1 atom stereocenters. The van der Waals surface area contributed by atoms with Gasteiger partial charge >= 0.3 is 6.03 Å². The molecule has 110 valence electrons. The van der Waals surface area contributed by atoms with Crippen molar-refractivity contribution in [2.24, 2.45) is 5.92 Å². The van der Waals surface area contributed by atoms with Crippen LogP contribution in [-0.2, 0) is 6.54 Å². The summed E-state index contributed by atoms with van der Waals surface area (Å²) in [5.41, 5.74) is 0.747. The molecular weight excluding hydrogens is 259 g/mol. The number of piperidine rings is 1. The quantitative estimate of drug-likeness (QED) is 0.891. The van der Waals surface area contributed by atoms with Gasteiger partial charge < -0.3 is 15.3 Å². The number of carbonyl (C=O) groups is 1. The van der Waals surface area contributed by atoms with Crippen LogP contribution in [0.2, 0.25) is 0 Å². The standard InChI is InChI=1S/C15H21FN2O2/c1-11(19)13-5-7-18(8-6-13)15(20)17-10-12-3-2-4-14(16)9-12/h2-4,9,11,13,19H,5-8,10H2,1H3,(H,17,20). The van der Waals surface area contributed by atoms with Gasteiger partial charge in [0.25, 0.3) is 0 Å². The van der Waals surface area contributed by atoms with Crippen LogP contribution in [-0.4, -0.2) is 35.2 Å². The molecule has 2 rings (SSSR count). The summed E-state index contributed by atoms with van der Waals surface area (Å²) in [6.45, 7) is 3.44. The third-order valence-electron chi connectivity index (χ3n) is 3.84. The molecule has 1 aromatic rings. The summed E-state index contributed by atoms with van der Waals surface area (Å²) in [5.74, 6) is -0.0169. The number of rotatable bonds is 3. The molecule has 1 fully saturated rings. The van der Waals surface area contributed by atoms with Gasteiger partial charge in [0.1, 0.15) is 5.82 Å². The topological polar surface area (TPSA) is 52.6 Å². The van der Waals surface area contributed by atoms with Crippen LogP contribution in [0, 0.1) is 11.7 Å². The molecule has 1 aliphatic heterocycles. The minimum Gasteiger partial charge on any atom is -0.393 e. The van der Waals surface area contributed by atoms with E-state index in [4.69, 9.17) is 0 Å². The van der Waals surface area contributed by atoms with Crippen molar-refractivity contribution < 1.29 is 14.3 Å². The van der Waals surface area contributed by atoms with Crippen LogP contribution in [0.4, 0.5) is 9.18 Å². The van der Waals surface area contributed by atoms with Crippen LogP contribution < -0.4 is 5.32 Å². The summed E-state index contributed by atoms with van der Waals surface area (Å²) in [7, 11) is 0. The molecule has 0 radical (unpaired) electrons. The number of likely N-dealkylation sites (tertiary alicyclic amines) is 1. The Balaban J connectivity index is 1.78. The molecule has 1 aliphatic rings.